The predicted octanol–water partition coefficient (Wildman–Crippen LogP) is 2.60. The van der Waals surface area contributed by atoms with Crippen LogP contribution in [-0.2, 0) is 17.6 Å². The molecule has 1 aliphatic carbocycles. The molecule has 0 aromatic heterocycles. The second-order valence-electron chi connectivity index (χ2n) is 7.97. The molecule has 5 heteroatoms. The standard InChI is InChI=1S/C21H29N3O2/c22-11-7-17-1-3-18(4-2-17)15-21(16-23-19-5-6-19)9-13-24(14-10-21)12-8-20(25)26/h1-4,19,23H,5-10,12-16H2,(H,25,26). The Morgan fingerprint density at radius 2 is 1.88 bits per heavy atom. The van der Waals surface area contributed by atoms with Crippen LogP contribution in [0.25, 0.3) is 0 Å². The summed E-state index contributed by atoms with van der Waals surface area (Å²) in [5.74, 6) is -0.713. The van der Waals surface area contributed by atoms with Crippen LogP contribution in [0.15, 0.2) is 24.3 Å². The summed E-state index contributed by atoms with van der Waals surface area (Å²) in [6.07, 6.45) is 6.54. The number of carboxylic acid groups (broad SMARTS) is 1. The van der Waals surface area contributed by atoms with Crippen molar-refractivity contribution in [1.29, 1.82) is 5.26 Å². The highest BCUT2D eigenvalue weighted by molar-refractivity contribution is 5.66. The summed E-state index contributed by atoms with van der Waals surface area (Å²) < 4.78 is 0. The number of benzene rings is 1. The van der Waals surface area contributed by atoms with E-state index in [9.17, 15) is 4.79 Å². The first-order chi connectivity index (χ1) is 12.6. The van der Waals surface area contributed by atoms with Gasteiger partial charge in [0.1, 0.15) is 0 Å². The zero-order chi connectivity index (χ0) is 18.4. The molecule has 0 unspecified atom stereocenters. The SMILES string of the molecule is N#CCc1ccc(CC2(CNC3CC3)CCN(CCC(=O)O)CC2)cc1. The molecule has 0 bridgehead atoms. The summed E-state index contributed by atoms with van der Waals surface area (Å²) in [6, 6.07) is 11.4. The van der Waals surface area contributed by atoms with Gasteiger partial charge in [-0.1, -0.05) is 24.3 Å². The van der Waals surface area contributed by atoms with E-state index in [4.69, 9.17) is 10.4 Å². The minimum absolute atomic E-state index is 0.230. The second-order valence-corrected chi connectivity index (χ2v) is 7.97. The van der Waals surface area contributed by atoms with Gasteiger partial charge in [-0.3, -0.25) is 4.79 Å². The van der Waals surface area contributed by atoms with Crippen LogP contribution in [0, 0.1) is 16.7 Å². The molecule has 1 aliphatic heterocycles. The molecule has 0 amide bonds. The normalized spacial score (nSPS) is 19.8. The number of carboxylic acids is 1. The fourth-order valence-electron chi connectivity index (χ4n) is 3.87. The topological polar surface area (TPSA) is 76.4 Å². The molecule has 1 heterocycles. The van der Waals surface area contributed by atoms with E-state index in [0.29, 0.717) is 19.0 Å². The molecule has 1 saturated heterocycles. The van der Waals surface area contributed by atoms with Crippen molar-refractivity contribution in [3.05, 3.63) is 35.4 Å². The Labute approximate surface area is 156 Å². The fourth-order valence-corrected chi connectivity index (χ4v) is 3.87. The molecule has 2 fully saturated rings. The Hall–Kier alpha value is -1.90. The van der Waals surface area contributed by atoms with Crippen LogP contribution in [0.5, 0.6) is 0 Å². The number of aliphatic carboxylic acids is 1. The number of hydrogen-bond acceptors (Lipinski definition) is 4. The highest BCUT2D eigenvalue weighted by atomic mass is 16.4. The van der Waals surface area contributed by atoms with Gasteiger partial charge < -0.3 is 15.3 Å². The first-order valence-corrected chi connectivity index (χ1v) is 9.71. The highest BCUT2D eigenvalue weighted by Crippen LogP contribution is 2.36. The number of nitrogens with zero attached hydrogens (tertiary/aromatic N) is 2. The number of likely N-dealkylation sites (tertiary alicyclic amines) is 1. The van der Waals surface area contributed by atoms with Crippen LogP contribution < -0.4 is 5.32 Å². The van der Waals surface area contributed by atoms with E-state index < -0.39 is 5.97 Å². The van der Waals surface area contributed by atoms with Gasteiger partial charge in [0, 0.05) is 19.1 Å². The quantitative estimate of drug-likeness (QED) is 0.712. The van der Waals surface area contributed by atoms with Gasteiger partial charge in [-0.2, -0.15) is 5.26 Å². The van der Waals surface area contributed by atoms with Gasteiger partial charge >= 0.3 is 5.97 Å². The molecule has 1 saturated carbocycles. The highest BCUT2D eigenvalue weighted by Gasteiger charge is 2.36. The number of rotatable bonds is 9. The fraction of sp³-hybridized carbons (Fsp3) is 0.619. The van der Waals surface area contributed by atoms with Crippen molar-refractivity contribution < 1.29 is 9.90 Å². The van der Waals surface area contributed by atoms with Gasteiger partial charge in [0.2, 0.25) is 0 Å². The zero-order valence-electron chi connectivity index (χ0n) is 15.4. The van der Waals surface area contributed by atoms with Gasteiger partial charge in [0.15, 0.2) is 0 Å². The van der Waals surface area contributed by atoms with Crippen LogP contribution in [-0.4, -0.2) is 48.2 Å². The smallest absolute Gasteiger partial charge is 0.304 e. The Morgan fingerprint density at radius 1 is 1.23 bits per heavy atom. The molecule has 140 valence electrons. The molecule has 0 radical (unpaired) electrons. The summed E-state index contributed by atoms with van der Waals surface area (Å²) in [7, 11) is 0. The average molecular weight is 355 g/mol. The van der Waals surface area contributed by atoms with Crippen LogP contribution in [0.4, 0.5) is 0 Å². The number of piperidine rings is 1. The third-order valence-corrected chi connectivity index (χ3v) is 5.79. The van der Waals surface area contributed by atoms with Crippen LogP contribution >= 0.6 is 0 Å². The van der Waals surface area contributed by atoms with E-state index in [1.165, 1.54) is 18.4 Å². The number of nitrogens with one attached hydrogen (secondary N) is 1. The summed E-state index contributed by atoms with van der Waals surface area (Å²) in [4.78, 5) is 13.1. The Kier molecular flexibility index (Phi) is 6.29. The van der Waals surface area contributed by atoms with E-state index >= 15 is 0 Å². The van der Waals surface area contributed by atoms with E-state index in [1.54, 1.807) is 0 Å². The van der Waals surface area contributed by atoms with E-state index in [2.05, 4.69) is 40.6 Å². The van der Waals surface area contributed by atoms with Gasteiger partial charge in [-0.05, 0) is 61.7 Å². The maximum atomic E-state index is 10.8. The molecular formula is C21H29N3O2. The van der Waals surface area contributed by atoms with E-state index in [0.717, 1.165) is 44.5 Å². The maximum absolute atomic E-state index is 10.8. The largest absolute Gasteiger partial charge is 0.481 e. The Bertz CT molecular complexity index is 638. The van der Waals surface area contributed by atoms with Crippen molar-refractivity contribution >= 4 is 5.97 Å². The lowest BCUT2D eigenvalue weighted by molar-refractivity contribution is -0.137. The van der Waals surface area contributed by atoms with Gasteiger partial charge in [-0.25, -0.2) is 0 Å². The molecule has 2 aliphatic rings. The Balaban J connectivity index is 1.61. The number of nitriles is 1. The average Bonchev–Trinajstić information content (AvgIpc) is 3.46. The summed E-state index contributed by atoms with van der Waals surface area (Å²) >= 11 is 0. The molecule has 2 N–H and O–H groups in total. The summed E-state index contributed by atoms with van der Waals surface area (Å²) in [5, 5.41) is 21.4. The van der Waals surface area contributed by atoms with Crippen molar-refractivity contribution in [2.45, 2.75) is 51.0 Å². The molecule has 26 heavy (non-hydrogen) atoms. The Morgan fingerprint density at radius 3 is 2.46 bits per heavy atom. The molecule has 3 rings (SSSR count). The molecule has 0 spiro atoms. The first kappa shape index (κ1) is 18.9. The maximum Gasteiger partial charge on any atom is 0.304 e. The van der Waals surface area contributed by atoms with E-state index in [-0.39, 0.29) is 11.8 Å². The number of hydrogen-bond donors (Lipinski definition) is 2. The molecule has 0 atom stereocenters. The van der Waals surface area contributed by atoms with E-state index in [1.807, 2.05) is 0 Å². The van der Waals surface area contributed by atoms with Crippen LogP contribution in [0.2, 0.25) is 0 Å². The predicted molar refractivity (Wildman–Crippen MR) is 101 cm³/mol. The minimum Gasteiger partial charge on any atom is -0.481 e. The molecule has 5 nitrogen and oxygen atoms in total. The van der Waals surface area contributed by atoms with Gasteiger partial charge in [0.25, 0.3) is 0 Å². The molecule has 1 aromatic carbocycles. The first-order valence-electron chi connectivity index (χ1n) is 9.71. The third kappa shape index (κ3) is 5.55. The summed E-state index contributed by atoms with van der Waals surface area (Å²) in [5.41, 5.74) is 2.66. The van der Waals surface area contributed by atoms with Gasteiger partial charge in [-0.15, -0.1) is 0 Å². The lowest BCUT2D eigenvalue weighted by Gasteiger charge is -2.42. The summed E-state index contributed by atoms with van der Waals surface area (Å²) in [6.45, 7) is 3.66. The van der Waals surface area contributed by atoms with Crippen molar-refractivity contribution in [3.8, 4) is 6.07 Å². The third-order valence-electron chi connectivity index (χ3n) is 5.79. The van der Waals surface area contributed by atoms with Crippen molar-refractivity contribution in [1.82, 2.24) is 10.2 Å². The lowest BCUT2D eigenvalue weighted by atomic mass is 9.73. The number of carbonyl (C=O) groups is 1. The monoisotopic (exact) mass is 355 g/mol. The van der Waals surface area contributed by atoms with Crippen LogP contribution in [0.3, 0.4) is 0 Å². The molecule has 1 aromatic rings. The van der Waals surface area contributed by atoms with Crippen LogP contribution in [0.1, 0.15) is 43.2 Å². The van der Waals surface area contributed by atoms with Gasteiger partial charge in [0.05, 0.1) is 18.9 Å². The second kappa shape index (κ2) is 8.66. The minimum atomic E-state index is -0.713. The van der Waals surface area contributed by atoms with Crippen molar-refractivity contribution in [2.75, 3.05) is 26.2 Å². The van der Waals surface area contributed by atoms with Crippen molar-refractivity contribution in [3.63, 3.8) is 0 Å². The molecular weight excluding hydrogens is 326 g/mol. The lowest BCUT2D eigenvalue weighted by Crippen LogP contribution is -2.47. The van der Waals surface area contributed by atoms with Crippen molar-refractivity contribution in [2.24, 2.45) is 5.41 Å². The zero-order valence-corrected chi connectivity index (χ0v) is 15.4.